The molecule has 1 rings (SSSR count). The Hall–Kier alpha value is -1.69. The normalized spacial score (nSPS) is 12.9. The SMILES string of the molecule is CC(C)(C)OC(=O)NC(CN)c1ccc(F)cn1. The number of nitrogens with two attached hydrogens (primary N) is 1. The number of alkyl carbamates (subject to hydrolysis) is 1. The number of carbonyl (C=O) groups is 1. The molecular weight excluding hydrogens is 237 g/mol. The van der Waals surface area contributed by atoms with Crippen LogP contribution in [0.15, 0.2) is 18.3 Å². The fourth-order valence-electron chi connectivity index (χ4n) is 1.30. The third-order valence-corrected chi connectivity index (χ3v) is 2.03. The van der Waals surface area contributed by atoms with Crippen molar-refractivity contribution in [3.8, 4) is 0 Å². The van der Waals surface area contributed by atoms with Crippen LogP contribution >= 0.6 is 0 Å². The summed E-state index contributed by atoms with van der Waals surface area (Å²) >= 11 is 0. The van der Waals surface area contributed by atoms with Crippen LogP contribution in [0.4, 0.5) is 9.18 Å². The predicted molar refractivity (Wildman–Crippen MR) is 65.4 cm³/mol. The van der Waals surface area contributed by atoms with E-state index >= 15 is 0 Å². The lowest BCUT2D eigenvalue weighted by atomic mass is 10.2. The molecule has 1 amide bonds. The number of halogens is 1. The average molecular weight is 255 g/mol. The van der Waals surface area contributed by atoms with Crippen LogP contribution in [-0.4, -0.2) is 23.2 Å². The van der Waals surface area contributed by atoms with E-state index in [9.17, 15) is 9.18 Å². The number of hydrogen-bond acceptors (Lipinski definition) is 4. The van der Waals surface area contributed by atoms with Gasteiger partial charge in [-0.15, -0.1) is 0 Å². The van der Waals surface area contributed by atoms with E-state index in [1.165, 1.54) is 12.1 Å². The predicted octanol–water partition coefficient (Wildman–Crippen LogP) is 1.75. The van der Waals surface area contributed by atoms with Gasteiger partial charge in [-0.05, 0) is 32.9 Å². The van der Waals surface area contributed by atoms with Gasteiger partial charge in [0.15, 0.2) is 0 Å². The second kappa shape index (κ2) is 5.77. The average Bonchev–Trinajstić information content (AvgIpc) is 2.25. The molecule has 1 aromatic rings. The van der Waals surface area contributed by atoms with E-state index in [1.54, 1.807) is 20.8 Å². The fraction of sp³-hybridized carbons (Fsp3) is 0.500. The second-order valence-corrected chi connectivity index (χ2v) is 4.84. The monoisotopic (exact) mass is 255 g/mol. The van der Waals surface area contributed by atoms with Crippen molar-refractivity contribution in [2.45, 2.75) is 32.4 Å². The Morgan fingerprint density at radius 3 is 2.67 bits per heavy atom. The summed E-state index contributed by atoms with van der Waals surface area (Å²) in [7, 11) is 0. The highest BCUT2D eigenvalue weighted by molar-refractivity contribution is 5.68. The number of pyridine rings is 1. The molecule has 3 N–H and O–H groups in total. The molecule has 6 heteroatoms. The van der Waals surface area contributed by atoms with Crippen molar-refractivity contribution in [2.75, 3.05) is 6.54 Å². The fourth-order valence-corrected chi connectivity index (χ4v) is 1.30. The van der Waals surface area contributed by atoms with Crippen molar-refractivity contribution < 1.29 is 13.9 Å². The van der Waals surface area contributed by atoms with Crippen LogP contribution in [-0.2, 0) is 4.74 Å². The number of aromatic nitrogens is 1. The number of hydrogen-bond donors (Lipinski definition) is 2. The zero-order valence-corrected chi connectivity index (χ0v) is 10.7. The maximum atomic E-state index is 12.7. The lowest BCUT2D eigenvalue weighted by Crippen LogP contribution is -2.38. The summed E-state index contributed by atoms with van der Waals surface area (Å²) in [6.07, 6.45) is 0.499. The Bertz CT molecular complexity index is 401. The van der Waals surface area contributed by atoms with Crippen molar-refractivity contribution in [1.29, 1.82) is 0 Å². The largest absolute Gasteiger partial charge is 0.444 e. The molecule has 0 aliphatic heterocycles. The minimum Gasteiger partial charge on any atom is -0.444 e. The molecule has 0 spiro atoms. The Morgan fingerprint density at radius 1 is 1.56 bits per heavy atom. The molecule has 5 nitrogen and oxygen atoms in total. The number of ether oxygens (including phenoxy) is 1. The molecule has 0 aliphatic rings. The minimum atomic E-state index is -0.584. The van der Waals surface area contributed by atoms with Crippen LogP contribution < -0.4 is 11.1 Å². The lowest BCUT2D eigenvalue weighted by molar-refractivity contribution is 0.0504. The van der Waals surface area contributed by atoms with Crippen molar-refractivity contribution >= 4 is 6.09 Å². The first-order valence-electron chi connectivity index (χ1n) is 5.63. The summed E-state index contributed by atoms with van der Waals surface area (Å²) in [6.45, 7) is 5.44. The van der Waals surface area contributed by atoms with Gasteiger partial charge in [-0.25, -0.2) is 9.18 Å². The summed E-state index contributed by atoms with van der Waals surface area (Å²) in [4.78, 5) is 15.5. The van der Waals surface area contributed by atoms with Crippen molar-refractivity contribution in [3.63, 3.8) is 0 Å². The van der Waals surface area contributed by atoms with Crippen molar-refractivity contribution in [1.82, 2.24) is 10.3 Å². The van der Waals surface area contributed by atoms with Gasteiger partial charge in [0.05, 0.1) is 17.9 Å². The number of carbonyl (C=O) groups excluding carboxylic acids is 1. The van der Waals surface area contributed by atoms with E-state index in [-0.39, 0.29) is 6.54 Å². The molecule has 1 aromatic heterocycles. The molecule has 100 valence electrons. The van der Waals surface area contributed by atoms with Gasteiger partial charge in [0.1, 0.15) is 11.4 Å². The third-order valence-electron chi connectivity index (χ3n) is 2.03. The maximum Gasteiger partial charge on any atom is 0.408 e. The first kappa shape index (κ1) is 14.4. The minimum absolute atomic E-state index is 0.151. The van der Waals surface area contributed by atoms with Crippen molar-refractivity contribution in [2.24, 2.45) is 5.73 Å². The number of rotatable bonds is 3. The van der Waals surface area contributed by atoms with E-state index in [0.29, 0.717) is 5.69 Å². The van der Waals surface area contributed by atoms with Crippen molar-refractivity contribution in [3.05, 3.63) is 29.8 Å². The molecule has 0 saturated heterocycles. The first-order valence-corrected chi connectivity index (χ1v) is 5.63. The molecule has 0 fully saturated rings. The van der Waals surface area contributed by atoms with Gasteiger partial charge in [0, 0.05) is 6.54 Å². The first-order chi connectivity index (χ1) is 8.31. The third kappa shape index (κ3) is 4.67. The highest BCUT2D eigenvalue weighted by Gasteiger charge is 2.20. The molecule has 0 bridgehead atoms. The van der Waals surface area contributed by atoms with E-state index < -0.39 is 23.6 Å². The summed E-state index contributed by atoms with van der Waals surface area (Å²) < 4.78 is 17.8. The molecule has 1 unspecified atom stereocenters. The zero-order chi connectivity index (χ0) is 13.8. The molecular formula is C12H18FN3O2. The van der Waals surface area contributed by atoms with Crippen LogP contribution in [0, 0.1) is 5.82 Å². The standard InChI is InChI=1S/C12H18FN3O2/c1-12(2,3)18-11(17)16-10(6-14)9-5-4-8(13)7-15-9/h4-5,7,10H,6,14H2,1-3H3,(H,16,17). The van der Waals surface area contributed by atoms with Gasteiger partial charge >= 0.3 is 6.09 Å². The van der Waals surface area contributed by atoms with Crippen LogP contribution in [0.25, 0.3) is 0 Å². The smallest absolute Gasteiger partial charge is 0.408 e. The molecule has 0 saturated carbocycles. The van der Waals surface area contributed by atoms with E-state index in [1.807, 2.05) is 0 Å². The number of nitrogens with one attached hydrogen (secondary N) is 1. The Kier molecular flexibility index (Phi) is 4.61. The van der Waals surface area contributed by atoms with Gasteiger partial charge in [-0.2, -0.15) is 0 Å². The number of nitrogens with zero attached hydrogens (tertiary/aromatic N) is 1. The zero-order valence-electron chi connectivity index (χ0n) is 10.7. The Balaban J connectivity index is 2.68. The quantitative estimate of drug-likeness (QED) is 0.862. The van der Waals surface area contributed by atoms with Crippen LogP contribution in [0.5, 0.6) is 0 Å². The Labute approximate surface area is 106 Å². The van der Waals surface area contributed by atoms with Gasteiger partial charge in [-0.1, -0.05) is 0 Å². The maximum absolute atomic E-state index is 12.7. The number of amides is 1. The highest BCUT2D eigenvalue weighted by Crippen LogP contribution is 2.12. The molecule has 0 radical (unpaired) electrons. The van der Waals surface area contributed by atoms with Gasteiger partial charge in [0.2, 0.25) is 0 Å². The highest BCUT2D eigenvalue weighted by atomic mass is 19.1. The van der Waals surface area contributed by atoms with E-state index in [4.69, 9.17) is 10.5 Å². The Morgan fingerprint density at radius 2 is 2.22 bits per heavy atom. The molecule has 0 aromatic carbocycles. The second-order valence-electron chi connectivity index (χ2n) is 4.84. The summed E-state index contributed by atoms with van der Waals surface area (Å²) in [6, 6.07) is 2.24. The van der Waals surface area contributed by atoms with Gasteiger partial charge < -0.3 is 15.8 Å². The summed E-state index contributed by atoms with van der Waals surface area (Å²) in [5, 5.41) is 2.59. The lowest BCUT2D eigenvalue weighted by Gasteiger charge is -2.22. The molecule has 1 heterocycles. The van der Waals surface area contributed by atoms with Gasteiger partial charge in [0.25, 0.3) is 0 Å². The van der Waals surface area contributed by atoms with E-state index in [2.05, 4.69) is 10.3 Å². The van der Waals surface area contributed by atoms with Crippen LogP contribution in [0.3, 0.4) is 0 Å². The van der Waals surface area contributed by atoms with Crippen LogP contribution in [0.2, 0.25) is 0 Å². The molecule has 0 aliphatic carbocycles. The van der Waals surface area contributed by atoms with Crippen LogP contribution in [0.1, 0.15) is 32.5 Å². The summed E-state index contributed by atoms with van der Waals surface area (Å²) in [5.74, 6) is -0.438. The summed E-state index contributed by atoms with van der Waals surface area (Å²) in [5.41, 5.74) is 5.46. The topological polar surface area (TPSA) is 77.2 Å². The molecule has 1 atom stereocenters. The van der Waals surface area contributed by atoms with Gasteiger partial charge in [-0.3, -0.25) is 4.98 Å². The van der Waals surface area contributed by atoms with E-state index in [0.717, 1.165) is 6.20 Å². The molecule has 18 heavy (non-hydrogen) atoms.